The van der Waals surface area contributed by atoms with Gasteiger partial charge in [-0.1, -0.05) is 26.0 Å². The second-order valence-corrected chi connectivity index (χ2v) is 5.83. The van der Waals surface area contributed by atoms with Gasteiger partial charge < -0.3 is 10.6 Å². The quantitative estimate of drug-likeness (QED) is 0.825. The molecule has 0 saturated heterocycles. The topological polar surface area (TPSA) is 41.1 Å². The normalized spacial score (nSPS) is 15.3. The summed E-state index contributed by atoms with van der Waals surface area (Å²) in [5.74, 6) is -0.247. The van der Waals surface area contributed by atoms with Gasteiger partial charge in [0, 0.05) is 18.0 Å². The Labute approximate surface area is 113 Å². The minimum atomic E-state index is -0.280. The minimum Gasteiger partial charge on any atom is -0.354 e. The molecule has 1 fully saturated rings. The van der Waals surface area contributed by atoms with E-state index >= 15 is 0 Å². The Bertz CT molecular complexity index is 455. The second-order valence-electron chi connectivity index (χ2n) is 5.83. The molecule has 1 aromatic rings. The zero-order valence-electron chi connectivity index (χ0n) is 11.5. The Morgan fingerprint density at radius 1 is 1.42 bits per heavy atom. The van der Waals surface area contributed by atoms with Crippen LogP contribution in [0.5, 0.6) is 0 Å². The highest BCUT2D eigenvalue weighted by Gasteiger charge is 2.23. The molecule has 3 nitrogen and oxygen atoms in total. The Morgan fingerprint density at radius 2 is 2.16 bits per heavy atom. The van der Waals surface area contributed by atoms with Crippen molar-refractivity contribution in [1.29, 1.82) is 0 Å². The molecule has 0 unspecified atom stereocenters. The number of benzene rings is 1. The first-order valence-electron chi connectivity index (χ1n) is 6.73. The van der Waals surface area contributed by atoms with Gasteiger partial charge in [0.15, 0.2) is 0 Å². The minimum absolute atomic E-state index is 0.00335. The third-order valence-electron chi connectivity index (χ3n) is 3.46. The molecule has 1 aliphatic carbocycles. The van der Waals surface area contributed by atoms with E-state index in [4.69, 9.17) is 0 Å². The van der Waals surface area contributed by atoms with E-state index in [2.05, 4.69) is 10.6 Å². The molecule has 1 aliphatic rings. The zero-order valence-corrected chi connectivity index (χ0v) is 11.5. The van der Waals surface area contributed by atoms with Gasteiger partial charge >= 0.3 is 0 Å². The molecule has 0 radical (unpaired) electrons. The van der Waals surface area contributed by atoms with Crippen LogP contribution in [0.4, 0.5) is 4.39 Å². The molecule has 104 valence electrons. The SMILES string of the molecule is CC(C)(CNC(=O)CNC1CC1)c1cccc(F)c1. The predicted molar refractivity (Wildman–Crippen MR) is 73.5 cm³/mol. The van der Waals surface area contributed by atoms with Crippen molar-refractivity contribution in [2.24, 2.45) is 0 Å². The van der Waals surface area contributed by atoms with E-state index in [1.165, 1.54) is 25.0 Å². The lowest BCUT2D eigenvalue weighted by molar-refractivity contribution is -0.120. The van der Waals surface area contributed by atoms with Crippen LogP contribution in [0.25, 0.3) is 0 Å². The van der Waals surface area contributed by atoms with Crippen LogP contribution in [0.15, 0.2) is 24.3 Å². The fourth-order valence-corrected chi connectivity index (χ4v) is 1.92. The predicted octanol–water partition coefficient (Wildman–Crippen LogP) is 1.97. The molecule has 2 N–H and O–H groups in total. The van der Waals surface area contributed by atoms with Crippen LogP contribution in [0.1, 0.15) is 32.3 Å². The van der Waals surface area contributed by atoms with E-state index in [1.54, 1.807) is 6.07 Å². The molecular weight excluding hydrogens is 243 g/mol. The van der Waals surface area contributed by atoms with E-state index in [0.717, 1.165) is 5.56 Å². The van der Waals surface area contributed by atoms with Gasteiger partial charge in [0.2, 0.25) is 5.91 Å². The maximum atomic E-state index is 13.2. The summed E-state index contributed by atoms with van der Waals surface area (Å²) in [7, 11) is 0. The van der Waals surface area contributed by atoms with E-state index < -0.39 is 0 Å². The Morgan fingerprint density at radius 3 is 2.79 bits per heavy atom. The van der Waals surface area contributed by atoms with Gasteiger partial charge in [-0.2, -0.15) is 0 Å². The first-order chi connectivity index (χ1) is 8.97. The molecule has 2 rings (SSSR count). The van der Waals surface area contributed by atoms with Crippen LogP contribution in [-0.2, 0) is 10.2 Å². The highest BCUT2D eigenvalue weighted by Crippen LogP contribution is 2.22. The summed E-state index contributed by atoms with van der Waals surface area (Å²) in [6, 6.07) is 7.06. The monoisotopic (exact) mass is 264 g/mol. The third-order valence-corrected chi connectivity index (χ3v) is 3.46. The van der Waals surface area contributed by atoms with Crippen LogP contribution < -0.4 is 10.6 Å². The van der Waals surface area contributed by atoms with Gasteiger partial charge in [-0.15, -0.1) is 0 Å². The molecule has 0 spiro atoms. The van der Waals surface area contributed by atoms with Crippen LogP contribution >= 0.6 is 0 Å². The first kappa shape index (κ1) is 14.0. The van der Waals surface area contributed by atoms with Gasteiger partial charge in [0.25, 0.3) is 0 Å². The maximum Gasteiger partial charge on any atom is 0.233 e. The fraction of sp³-hybridized carbons (Fsp3) is 0.533. The number of nitrogens with one attached hydrogen (secondary N) is 2. The van der Waals surface area contributed by atoms with Crippen LogP contribution in [-0.4, -0.2) is 25.0 Å². The second kappa shape index (κ2) is 5.70. The highest BCUT2D eigenvalue weighted by atomic mass is 19.1. The molecule has 0 atom stereocenters. The lowest BCUT2D eigenvalue weighted by atomic mass is 9.84. The van der Waals surface area contributed by atoms with Crippen molar-refractivity contribution in [2.45, 2.75) is 38.1 Å². The van der Waals surface area contributed by atoms with Crippen molar-refractivity contribution in [2.75, 3.05) is 13.1 Å². The average Bonchev–Trinajstić information content (AvgIpc) is 3.18. The van der Waals surface area contributed by atoms with Gasteiger partial charge in [-0.25, -0.2) is 4.39 Å². The van der Waals surface area contributed by atoms with E-state index in [0.29, 0.717) is 19.1 Å². The summed E-state index contributed by atoms with van der Waals surface area (Å²) >= 11 is 0. The molecule has 1 aromatic carbocycles. The molecule has 0 aliphatic heterocycles. The lowest BCUT2D eigenvalue weighted by Gasteiger charge is -2.25. The number of hydrogen-bond donors (Lipinski definition) is 2. The van der Waals surface area contributed by atoms with Gasteiger partial charge in [0.05, 0.1) is 6.54 Å². The van der Waals surface area contributed by atoms with Crippen LogP contribution in [0, 0.1) is 5.82 Å². The molecule has 1 saturated carbocycles. The van der Waals surface area contributed by atoms with Gasteiger partial charge in [-0.3, -0.25) is 4.79 Å². The molecule has 0 aromatic heterocycles. The summed E-state index contributed by atoms with van der Waals surface area (Å²) < 4.78 is 13.2. The summed E-state index contributed by atoms with van der Waals surface area (Å²) in [4.78, 5) is 11.7. The smallest absolute Gasteiger partial charge is 0.233 e. The molecule has 0 heterocycles. The van der Waals surface area contributed by atoms with Gasteiger partial charge in [-0.05, 0) is 30.5 Å². The number of carbonyl (C=O) groups excluding carboxylic acids is 1. The van der Waals surface area contributed by atoms with Crippen molar-refractivity contribution in [3.63, 3.8) is 0 Å². The highest BCUT2D eigenvalue weighted by molar-refractivity contribution is 5.78. The molecule has 0 bridgehead atoms. The third kappa shape index (κ3) is 4.31. The Balaban J connectivity index is 1.84. The average molecular weight is 264 g/mol. The van der Waals surface area contributed by atoms with Crippen molar-refractivity contribution in [3.05, 3.63) is 35.6 Å². The molecular formula is C15H21FN2O. The Kier molecular flexibility index (Phi) is 4.20. The molecule has 1 amide bonds. The van der Waals surface area contributed by atoms with Gasteiger partial charge in [0.1, 0.15) is 5.82 Å². The van der Waals surface area contributed by atoms with E-state index in [1.807, 2.05) is 19.9 Å². The van der Waals surface area contributed by atoms with Crippen molar-refractivity contribution in [1.82, 2.24) is 10.6 Å². The maximum absolute atomic E-state index is 13.2. The summed E-state index contributed by atoms with van der Waals surface area (Å²) in [5.41, 5.74) is 0.611. The summed E-state index contributed by atoms with van der Waals surface area (Å²) in [6.07, 6.45) is 2.34. The lowest BCUT2D eigenvalue weighted by Crippen LogP contribution is -2.41. The first-order valence-corrected chi connectivity index (χ1v) is 6.73. The summed E-state index contributed by atoms with van der Waals surface area (Å²) in [6.45, 7) is 4.86. The van der Waals surface area contributed by atoms with Crippen LogP contribution in [0.2, 0.25) is 0 Å². The standard InChI is InChI=1S/C15H21FN2O/c1-15(2,11-4-3-5-12(16)8-11)10-18-14(19)9-17-13-6-7-13/h3-5,8,13,17H,6-7,9-10H2,1-2H3,(H,18,19). The zero-order chi connectivity index (χ0) is 13.9. The fourth-order valence-electron chi connectivity index (χ4n) is 1.92. The van der Waals surface area contributed by atoms with E-state index in [9.17, 15) is 9.18 Å². The Hall–Kier alpha value is -1.42. The number of amides is 1. The largest absolute Gasteiger partial charge is 0.354 e. The number of halogens is 1. The van der Waals surface area contributed by atoms with Crippen molar-refractivity contribution >= 4 is 5.91 Å². The van der Waals surface area contributed by atoms with Crippen molar-refractivity contribution < 1.29 is 9.18 Å². The van der Waals surface area contributed by atoms with Crippen LogP contribution in [0.3, 0.4) is 0 Å². The number of carbonyl (C=O) groups is 1. The van der Waals surface area contributed by atoms with Crippen molar-refractivity contribution in [3.8, 4) is 0 Å². The molecule has 4 heteroatoms. The number of hydrogen-bond acceptors (Lipinski definition) is 2. The van der Waals surface area contributed by atoms with E-state index in [-0.39, 0.29) is 17.1 Å². The summed E-state index contributed by atoms with van der Waals surface area (Å²) in [5, 5.41) is 6.07. The molecule has 19 heavy (non-hydrogen) atoms. The number of rotatable bonds is 6.